The first-order chi connectivity index (χ1) is 7.65. The lowest BCUT2D eigenvalue weighted by molar-refractivity contribution is 0.316. The lowest BCUT2D eigenvalue weighted by Crippen LogP contribution is -2.28. The van der Waals surface area contributed by atoms with Crippen molar-refractivity contribution < 1.29 is 5.21 Å². The molecule has 0 bridgehead atoms. The van der Waals surface area contributed by atoms with Crippen LogP contribution >= 0.6 is 11.3 Å². The van der Waals surface area contributed by atoms with E-state index in [1.165, 1.54) is 4.88 Å². The highest BCUT2D eigenvalue weighted by atomic mass is 32.1. The van der Waals surface area contributed by atoms with Crippen LogP contribution in [0.1, 0.15) is 31.2 Å². The van der Waals surface area contributed by atoms with E-state index in [-0.39, 0.29) is 5.84 Å². The Bertz CT molecular complexity index is 322. The molecule has 16 heavy (non-hydrogen) atoms. The summed E-state index contributed by atoms with van der Waals surface area (Å²) in [5, 5.41) is 16.9. The van der Waals surface area contributed by atoms with Crippen molar-refractivity contribution in [2.75, 3.05) is 6.54 Å². The molecule has 1 unspecified atom stereocenters. The van der Waals surface area contributed by atoms with Gasteiger partial charge in [0.1, 0.15) is 5.84 Å². The first-order valence-electron chi connectivity index (χ1n) is 5.38. The van der Waals surface area contributed by atoms with Gasteiger partial charge in [-0.2, -0.15) is 0 Å². The van der Waals surface area contributed by atoms with Crippen molar-refractivity contribution in [2.24, 2.45) is 16.8 Å². The van der Waals surface area contributed by atoms with Gasteiger partial charge >= 0.3 is 0 Å². The second kappa shape index (κ2) is 6.50. The Kier molecular flexibility index (Phi) is 5.28. The van der Waals surface area contributed by atoms with Gasteiger partial charge in [0.05, 0.1) is 0 Å². The summed E-state index contributed by atoms with van der Waals surface area (Å²) in [6, 6.07) is 4.53. The number of thiophene rings is 1. The van der Waals surface area contributed by atoms with Gasteiger partial charge in [0.2, 0.25) is 0 Å². The van der Waals surface area contributed by atoms with E-state index < -0.39 is 0 Å². The van der Waals surface area contributed by atoms with Crippen molar-refractivity contribution in [1.29, 1.82) is 0 Å². The highest BCUT2D eigenvalue weighted by Gasteiger charge is 2.15. The van der Waals surface area contributed by atoms with Gasteiger partial charge < -0.3 is 16.3 Å². The molecule has 1 rings (SSSR count). The number of rotatable bonds is 6. The Morgan fingerprint density at radius 1 is 1.62 bits per heavy atom. The van der Waals surface area contributed by atoms with Crippen LogP contribution in [0.4, 0.5) is 0 Å². The van der Waals surface area contributed by atoms with Crippen molar-refractivity contribution in [2.45, 2.75) is 26.3 Å². The summed E-state index contributed by atoms with van der Waals surface area (Å²) in [5.74, 6) is 0.784. The molecule has 0 spiro atoms. The molecule has 1 heterocycles. The van der Waals surface area contributed by atoms with Gasteiger partial charge in [-0.05, 0) is 17.4 Å². The van der Waals surface area contributed by atoms with Crippen LogP contribution in [-0.2, 0) is 0 Å². The standard InChI is InChI=1S/C11H19N3OS/c1-8(2)11(9-4-3-7-16-9)13-6-5-10(12)14-15/h3-4,7-8,11,13,15H,5-6H2,1-2H3,(H2,12,14). The molecule has 5 heteroatoms. The van der Waals surface area contributed by atoms with Crippen molar-refractivity contribution in [1.82, 2.24) is 5.32 Å². The van der Waals surface area contributed by atoms with Crippen molar-refractivity contribution in [3.05, 3.63) is 22.4 Å². The van der Waals surface area contributed by atoms with Gasteiger partial charge in [-0.1, -0.05) is 25.1 Å². The molecule has 1 aromatic heterocycles. The van der Waals surface area contributed by atoms with Gasteiger partial charge in [-0.3, -0.25) is 0 Å². The monoisotopic (exact) mass is 241 g/mol. The molecule has 0 aliphatic heterocycles. The van der Waals surface area contributed by atoms with Crippen LogP contribution in [0, 0.1) is 5.92 Å². The number of amidine groups is 1. The predicted molar refractivity (Wildman–Crippen MR) is 67.9 cm³/mol. The molecule has 0 radical (unpaired) electrons. The fourth-order valence-corrected chi connectivity index (χ4v) is 2.51. The largest absolute Gasteiger partial charge is 0.409 e. The van der Waals surface area contributed by atoms with E-state index in [1.807, 2.05) is 0 Å². The Morgan fingerprint density at radius 3 is 2.88 bits per heavy atom. The molecule has 1 aromatic rings. The molecule has 0 saturated heterocycles. The zero-order valence-electron chi connectivity index (χ0n) is 9.68. The van der Waals surface area contributed by atoms with Gasteiger partial charge in [0.15, 0.2) is 0 Å². The number of hydrogen-bond acceptors (Lipinski definition) is 4. The fourth-order valence-electron chi connectivity index (χ4n) is 1.54. The third kappa shape index (κ3) is 3.83. The molecule has 90 valence electrons. The number of nitrogens with one attached hydrogen (secondary N) is 1. The van der Waals surface area contributed by atoms with E-state index in [0.29, 0.717) is 18.4 Å². The zero-order valence-corrected chi connectivity index (χ0v) is 10.5. The Balaban J connectivity index is 2.47. The highest BCUT2D eigenvalue weighted by molar-refractivity contribution is 7.10. The normalized spacial score (nSPS) is 14.3. The molecule has 0 amide bonds. The van der Waals surface area contributed by atoms with E-state index in [9.17, 15) is 0 Å². The number of nitrogens with two attached hydrogens (primary N) is 1. The maximum absolute atomic E-state index is 8.43. The van der Waals surface area contributed by atoms with E-state index in [0.717, 1.165) is 6.54 Å². The number of hydrogen-bond donors (Lipinski definition) is 3. The second-order valence-electron chi connectivity index (χ2n) is 4.03. The predicted octanol–water partition coefficient (Wildman–Crippen LogP) is 2.17. The molecular weight excluding hydrogens is 222 g/mol. The summed E-state index contributed by atoms with van der Waals surface area (Å²) in [7, 11) is 0. The van der Waals surface area contributed by atoms with E-state index in [1.54, 1.807) is 11.3 Å². The molecule has 0 saturated carbocycles. The smallest absolute Gasteiger partial charge is 0.140 e. The highest BCUT2D eigenvalue weighted by Crippen LogP contribution is 2.25. The molecule has 0 aliphatic carbocycles. The molecule has 4 nitrogen and oxygen atoms in total. The summed E-state index contributed by atoms with van der Waals surface area (Å²) < 4.78 is 0. The molecule has 4 N–H and O–H groups in total. The van der Waals surface area contributed by atoms with Crippen LogP contribution in [0.2, 0.25) is 0 Å². The van der Waals surface area contributed by atoms with E-state index in [4.69, 9.17) is 10.9 Å². The maximum Gasteiger partial charge on any atom is 0.140 e. The summed E-state index contributed by atoms with van der Waals surface area (Å²) in [5.41, 5.74) is 5.42. The average molecular weight is 241 g/mol. The molecular formula is C11H19N3OS. The molecule has 1 atom stereocenters. The lowest BCUT2D eigenvalue weighted by atomic mass is 10.0. The van der Waals surface area contributed by atoms with Crippen LogP contribution in [0.3, 0.4) is 0 Å². The van der Waals surface area contributed by atoms with Crippen molar-refractivity contribution in [3.8, 4) is 0 Å². The number of nitrogens with zero attached hydrogens (tertiary/aromatic N) is 1. The topological polar surface area (TPSA) is 70.6 Å². The van der Waals surface area contributed by atoms with Crippen LogP contribution < -0.4 is 11.1 Å². The molecule has 0 fully saturated rings. The second-order valence-corrected chi connectivity index (χ2v) is 5.01. The minimum absolute atomic E-state index is 0.265. The Hall–Kier alpha value is -1.07. The summed E-state index contributed by atoms with van der Waals surface area (Å²) in [4.78, 5) is 1.33. The molecule has 0 aromatic carbocycles. The van der Waals surface area contributed by atoms with E-state index >= 15 is 0 Å². The minimum Gasteiger partial charge on any atom is -0.409 e. The Labute approximate surface area is 100 Å². The quantitative estimate of drug-likeness (QED) is 0.309. The SMILES string of the molecule is CC(C)C(NCCC(N)=NO)c1cccs1. The van der Waals surface area contributed by atoms with Gasteiger partial charge in [-0.15, -0.1) is 11.3 Å². The number of oxime groups is 1. The van der Waals surface area contributed by atoms with Crippen molar-refractivity contribution in [3.63, 3.8) is 0 Å². The first kappa shape index (κ1) is 13.0. The third-order valence-electron chi connectivity index (χ3n) is 2.39. The summed E-state index contributed by atoms with van der Waals surface area (Å²) in [6.07, 6.45) is 0.561. The van der Waals surface area contributed by atoms with Gasteiger partial charge in [0.25, 0.3) is 0 Å². The average Bonchev–Trinajstić information content (AvgIpc) is 2.76. The zero-order chi connectivity index (χ0) is 12.0. The first-order valence-corrected chi connectivity index (χ1v) is 6.26. The fraction of sp³-hybridized carbons (Fsp3) is 0.545. The summed E-state index contributed by atoms with van der Waals surface area (Å²) >= 11 is 1.75. The van der Waals surface area contributed by atoms with Crippen LogP contribution in [0.5, 0.6) is 0 Å². The lowest BCUT2D eigenvalue weighted by Gasteiger charge is -2.21. The Morgan fingerprint density at radius 2 is 2.38 bits per heavy atom. The summed E-state index contributed by atoms with van der Waals surface area (Å²) in [6.45, 7) is 5.08. The van der Waals surface area contributed by atoms with Gasteiger partial charge in [0, 0.05) is 23.9 Å². The van der Waals surface area contributed by atoms with Crippen LogP contribution in [-0.4, -0.2) is 17.6 Å². The van der Waals surface area contributed by atoms with Gasteiger partial charge in [-0.25, -0.2) is 0 Å². The van der Waals surface area contributed by atoms with Crippen LogP contribution in [0.25, 0.3) is 0 Å². The minimum atomic E-state index is 0.265. The van der Waals surface area contributed by atoms with Crippen molar-refractivity contribution >= 4 is 17.2 Å². The molecule has 0 aliphatic rings. The maximum atomic E-state index is 8.43. The van der Waals surface area contributed by atoms with Crippen LogP contribution in [0.15, 0.2) is 22.7 Å². The third-order valence-corrected chi connectivity index (χ3v) is 3.35. The van der Waals surface area contributed by atoms with E-state index in [2.05, 4.69) is 41.8 Å².